The molecule has 0 spiro atoms. The molecule has 4 atom stereocenters. The summed E-state index contributed by atoms with van der Waals surface area (Å²) in [5.41, 5.74) is 0. The van der Waals surface area contributed by atoms with Gasteiger partial charge in [-0.1, -0.05) is 0 Å². The highest BCUT2D eigenvalue weighted by molar-refractivity contribution is 5.85. The molecule has 86 valence electrons. The molecule has 4 unspecified atom stereocenters. The van der Waals surface area contributed by atoms with E-state index in [0.29, 0.717) is 6.42 Å². The van der Waals surface area contributed by atoms with Crippen molar-refractivity contribution in [1.29, 1.82) is 0 Å². The van der Waals surface area contributed by atoms with Crippen molar-refractivity contribution < 1.29 is 9.90 Å². The van der Waals surface area contributed by atoms with Gasteiger partial charge in [-0.15, -0.1) is 12.4 Å². The Morgan fingerprint density at radius 2 is 2.07 bits per heavy atom. The maximum Gasteiger partial charge on any atom is 0.304 e. The second-order valence-electron chi connectivity index (χ2n) is 5.13. The number of halogens is 1. The number of fused-ring (bicyclic) bond motifs is 5. The zero-order valence-electron chi connectivity index (χ0n) is 8.76. The zero-order valence-corrected chi connectivity index (χ0v) is 9.58. The Morgan fingerprint density at radius 3 is 2.73 bits per heavy atom. The van der Waals surface area contributed by atoms with E-state index in [2.05, 4.69) is 4.90 Å². The van der Waals surface area contributed by atoms with Crippen molar-refractivity contribution in [2.75, 3.05) is 13.1 Å². The molecule has 1 N–H and O–H groups in total. The Kier molecular flexibility index (Phi) is 2.95. The molecule has 1 heterocycles. The van der Waals surface area contributed by atoms with Crippen LogP contribution >= 0.6 is 12.4 Å². The second kappa shape index (κ2) is 3.95. The maximum absolute atomic E-state index is 10.5. The number of carbonyl (C=O) groups is 1. The van der Waals surface area contributed by atoms with Gasteiger partial charge in [0.1, 0.15) is 0 Å². The van der Waals surface area contributed by atoms with Gasteiger partial charge in [0, 0.05) is 19.1 Å². The first-order chi connectivity index (χ1) is 6.75. The molecular formula is C11H18ClNO2. The number of carboxylic acid groups (broad SMARTS) is 1. The van der Waals surface area contributed by atoms with Crippen LogP contribution in [-0.2, 0) is 4.79 Å². The minimum atomic E-state index is -0.656. The van der Waals surface area contributed by atoms with E-state index in [1.807, 2.05) is 0 Å². The quantitative estimate of drug-likeness (QED) is 0.803. The van der Waals surface area contributed by atoms with E-state index >= 15 is 0 Å². The maximum atomic E-state index is 10.5. The number of rotatable bonds is 3. The molecule has 0 aromatic heterocycles. The number of likely N-dealkylation sites (tertiary alicyclic amines) is 1. The van der Waals surface area contributed by atoms with Gasteiger partial charge in [-0.05, 0) is 37.0 Å². The molecule has 1 aliphatic heterocycles. The molecule has 15 heavy (non-hydrogen) atoms. The van der Waals surface area contributed by atoms with Gasteiger partial charge in [0.05, 0.1) is 6.42 Å². The third kappa shape index (κ3) is 1.66. The van der Waals surface area contributed by atoms with Crippen molar-refractivity contribution in [3.05, 3.63) is 0 Å². The van der Waals surface area contributed by atoms with Crippen molar-refractivity contribution >= 4 is 18.4 Å². The molecular weight excluding hydrogens is 214 g/mol. The lowest BCUT2D eigenvalue weighted by atomic mass is 9.77. The molecule has 0 aromatic carbocycles. The van der Waals surface area contributed by atoms with Crippen LogP contribution in [0.4, 0.5) is 0 Å². The topological polar surface area (TPSA) is 40.5 Å². The van der Waals surface area contributed by atoms with Crippen molar-refractivity contribution in [2.24, 2.45) is 17.8 Å². The molecule has 3 aliphatic rings. The molecule has 2 saturated carbocycles. The van der Waals surface area contributed by atoms with Crippen LogP contribution in [0.5, 0.6) is 0 Å². The molecule has 2 bridgehead atoms. The molecule has 3 nitrogen and oxygen atoms in total. The molecule has 0 aromatic rings. The number of aliphatic carboxylic acids is 1. The van der Waals surface area contributed by atoms with Crippen LogP contribution in [0.1, 0.15) is 25.7 Å². The first-order valence-electron chi connectivity index (χ1n) is 5.71. The smallest absolute Gasteiger partial charge is 0.304 e. The summed E-state index contributed by atoms with van der Waals surface area (Å²) in [5.74, 6) is 2.18. The fraction of sp³-hybridized carbons (Fsp3) is 0.909. The number of hydrogen-bond acceptors (Lipinski definition) is 2. The SMILES string of the molecule is Cl.O=C(O)CCN1CC2C3CCC(C3)C21. The van der Waals surface area contributed by atoms with Gasteiger partial charge in [-0.3, -0.25) is 9.69 Å². The van der Waals surface area contributed by atoms with Gasteiger partial charge >= 0.3 is 5.97 Å². The third-order valence-corrected chi connectivity index (χ3v) is 4.52. The standard InChI is InChI=1S/C11H17NO2.ClH/c13-10(14)3-4-12-6-9-7-1-2-8(5-7)11(9)12;/h7-9,11H,1-6H2,(H,13,14);1H. The lowest BCUT2D eigenvalue weighted by molar-refractivity contribution is -0.138. The highest BCUT2D eigenvalue weighted by Gasteiger charge is 2.55. The Balaban J connectivity index is 0.000000853. The molecule has 3 rings (SSSR count). The first-order valence-corrected chi connectivity index (χ1v) is 5.71. The first kappa shape index (κ1) is 11.2. The molecule has 1 saturated heterocycles. The van der Waals surface area contributed by atoms with Gasteiger partial charge in [-0.2, -0.15) is 0 Å². The van der Waals surface area contributed by atoms with Crippen LogP contribution in [0.15, 0.2) is 0 Å². The van der Waals surface area contributed by atoms with E-state index in [-0.39, 0.29) is 12.4 Å². The predicted molar refractivity (Wildman–Crippen MR) is 59.2 cm³/mol. The Labute approximate surface area is 96.2 Å². The summed E-state index contributed by atoms with van der Waals surface area (Å²) in [7, 11) is 0. The van der Waals surface area contributed by atoms with Crippen LogP contribution < -0.4 is 0 Å². The summed E-state index contributed by atoms with van der Waals surface area (Å²) in [6.07, 6.45) is 4.59. The molecule has 0 radical (unpaired) electrons. The van der Waals surface area contributed by atoms with Gasteiger partial charge in [-0.25, -0.2) is 0 Å². The van der Waals surface area contributed by atoms with E-state index in [1.165, 1.54) is 25.8 Å². The minimum Gasteiger partial charge on any atom is -0.481 e. The largest absolute Gasteiger partial charge is 0.481 e. The number of nitrogens with zero attached hydrogens (tertiary/aromatic N) is 1. The van der Waals surface area contributed by atoms with Gasteiger partial charge in [0.25, 0.3) is 0 Å². The normalized spacial score (nSPS) is 41.9. The summed E-state index contributed by atoms with van der Waals surface area (Å²) >= 11 is 0. The Hall–Kier alpha value is -0.280. The summed E-state index contributed by atoms with van der Waals surface area (Å²) < 4.78 is 0. The van der Waals surface area contributed by atoms with E-state index in [4.69, 9.17) is 5.11 Å². The molecule has 4 heteroatoms. The molecule has 3 fully saturated rings. The van der Waals surface area contributed by atoms with Crippen molar-refractivity contribution in [2.45, 2.75) is 31.7 Å². The van der Waals surface area contributed by atoms with Gasteiger partial charge < -0.3 is 5.11 Å². The average Bonchev–Trinajstić information content (AvgIpc) is 2.59. The lowest BCUT2D eigenvalue weighted by Gasteiger charge is -2.50. The fourth-order valence-corrected chi connectivity index (χ4v) is 3.94. The van der Waals surface area contributed by atoms with Crippen LogP contribution in [0, 0.1) is 17.8 Å². The summed E-state index contributed by atoms with van der Waals surface area (Å²) in [6.45, 7) is 1.96. The highest BCUT2D eigenvalue weighted by atomic mass is 35.5. The Bertz CT molecular complexity index is 269. The van der Waals surface area contributed by atoms with Gasteiger partial charge in [0.15, 0.2) is 0 Å². The van der Waals surface area contributed by atoms with Crippen molar-refractivity contribution in [3.63, 3.8) is 0 Å². The molecule has 2 aliphatic carbocycles. The monoisotopic (exact) mass is 231 g/mol. The van der Waals surface area contributed by atoms with E-state index in [1.54, 1.807) is 0 Å². The van der Waals surface area contributed by atoms with Gasteiger partial charge in [0.2, 0.25) is 0 Å². The van der Waals surface area contributed by atoms with Crippen molar-refractivity contribution in [1.82, 2.24) is 4.90 Å². The number of carboxylic acids is 1. The van der Waals surface area contributed by atoms with Crippen molar-refractivity contribution in [3.8, 4) is 0 Å². The lowest BCUT2D eigenvalue weighted by Crippen LogP contribution is -2.59. The van der Waals surface area contributed by atoms with E-state index in [9.17, 15) is 4.79 Å². The predicted octanol–water partition coefficient (Wildman–Crippen LogP) is 1.61. The number of hydrogen-bond donors (Lipinski definition) is 1. The van der Waals surface area contributed by atoms with Crippen LogP contribution in [0.2, 0.25) is 0 Å². The summed E-state index contributed by atoms with van der Waals surface area (Å²) in [4.78, 5) is 12.9. The average molecular weight is 232 g/mol. The fourth-order valence-electron chi connectivity index (χ4n) is 3.94. The van der Waals surface area contributed by atoms with Crippen LogP contribution in [-0.4, -0.2) is 35.1 Å². The van der Waals surface area contributed by atoms with E-state index in [0.717, 1.165) is 30.3 Å². The molecule has 0 amide bonds. The Morgan fingerprint density at radius 1 is 1.33 bits per heavy atom. The summed E-state index contributed by atoms with van der Waals surface area (Å²) in [5, 5.41) is 8.63. The van der Waals surface area contributed by atoms with E-state index < -0.39 is 5.97 Å². The minimum absolute atomic E-state index is 0. The second-order valence-corrected chi connectivity index (χ2v) is 5.13. The van der Waals surface area contributed by atoms with Crippen LogP contribution in [0.3, 0.4) is 0 Å². The summed E-state index contributed by atoms with van der Waals surface area (Å²) in [6, 6.07) is 0.771. The highest BCUT2D eigenvalue weighted by Crippen LogP contribution is 2.55. The third-order valence-electron chi connectivity index (χ3n) is 4.52. The zero-order chi connectivity index (χ0) is 9.71. The van der Waals surface area contributed by atoms with Crippen LogP contribution in [0.25, 0.3) is 0 Å².